The molecule has 0 saturated carbocycles. The first-order valence-corrected chi connectivity index (χ1v) is 6.04. The maximum atomic E-state index is 5.28. The van der Waals surface area contributed by atoms with Gasteiger partial charge in [0.25, 0.3) is 5.89 Å². The molecule has 0 aliphatic heterocycles. The molecule has 0 aliphatic carbocycles. The highest BCUT2D eigenvalue weighted by Gasteiger charge is 2.14. The molecule has 1 aromatic carbocycles. The third-order valence-corrected chi connectivity index (χ3v) is 2.80. The van der Waals surface area contributed by atoms with Crippen molar-refractivity contribution in [3.05, 3.63) is 42.5 Å². The molecular formula is C14H12N4O2. The molecule has 0 N–H and O–H groups in total. The second-order valence-electron chi connectivity index (χ2n) is 4.14. The van der Waals surface area contributed by atoms with E-state index in [1.54, 1.807) is 19.5 Å². The van der Waals surface area contributed by atoms with Crippen LogP contribution in [0.3, 0.4) is 0 Å². The third-order valence-electron chi connectivity index (χ3n) is 2.80. The Morgan fingerprint density at radius 1 is 1.10 bits per heavy atom. The van der Waals surface area contributed by atoms with Crippen LogP contribution < -0.4 is 4.74 Å². The quantitative estimate of drug-likeness (QED) is 0.726. The zero-order valence-corrected chi connectivity index (χ0v) is 11.1. The van der Waals surface area contributed by atoms with E-state index in [4.69, 9.17) is 9.26 Å². The molecule has 0 spiro atoms. The maximum Gasteiger partial charge on any atom is 0.261 e. The summed E-state index contributed by atoms with van der Waals surface area (Å²) in [5, 5.41) is 3.97. The Morgan fingerprint density at radius 3 is 2.60 bits per heavy atom. The molecule has 6 nitrogen and oxygen atoms in total. The molecule has 0 atom stereocenters. The molecule has 0 amide bonds. The molecule has 0 bridgehead atoms. The Labute approximate surface area is 115 Å². The smallest absolute Gasteiger partial charge is 0.261 e. The van der Waals surface area contributed by atoms with Crippen molar-refractivity contribution in [1.29, 1.82) is 0 Å². The number of aryl methyl sites for hydroxylation is 1. The molecular weight excluding hydrogens is 256 g/mol. The van der Waals surface area contributed by atoms with E-state index in [-0.39, 0.29) is 0 Å². The molecule has 0 unspecified atom stereocenters. The lowest BCUT2D eigenvalue weighted by molar-refractivity contribution is 0.413. The number of nitrogens with zero attached hydrogens (tertiary/aromatic N) is 4. The summed E-state index contributed by atoms with van der Waals surface area (Å²) in [6.07, 6.45) is 3.31. The molecule has 6 heteroatoms. The van der Waals surface area contributed by atoms with Crippen molar-refractivity contribution in [2.75, 3.05) is 7.11 Å². The predicted octanol–water partition coefficient (Wildman–Crippen LogP) is 2.51. The van der Waals surface area contributed by atoms with Gasteiger partial charge in [0.2, 0.25) is 5.82 Å². The van der Waals surface area contributed by atoms with Crippen LogP contribution in [0, 0.1) is 6.92 Å². The molecule has 100 valence electrons. The Kier molecular flexibility index (Phi) is 3.12. The highest BCUT2D eigenvalue weighted by Crippen LogP contribution is 2.28. The minimum absolute atomic E-state index is 0.380. The van der Waals surface area contributed by atoms with Gasteiger partial charge in [-0.2, -0.15) is 4.98 Å². The van der Waals surface area contributed by atoms with Crippen LogP contribution in [0.4, 0.5) is 0 Å². The van der Waals surface area contributed by atoms with E-state index in [1.165, 1.54) is 0 Å². The van der Waals surface area contributed by atoms with Crippen LogP contribution in [0.15, 0.2) is 41.2 Å². The van der Waals surface area contributed by atoms with E-state index in [0.717, 1.165) is 5.56 Å². The molecule has 0 radical (unpaired) electrons. The van der Waals surface area contributed by atoms with Crippen LogP contribution in [0.1, 0.15) is 5.82 Å². The number of hydrogen-bond donors (Lipinski definition) is 0. The first kappa shape index (κ1) is 12.3. The van der Waals surface area contributed by atoms with E-state index in [0.29, 0.717) is 28.9 Å². The summed E-state index contributed by atoms with van der Waals surface area (Å²) in [4.78, 5) is 12.6. The number of hydrogen-bond acceptors (Lipinski definition) is 6. The Bertz CT molecular complexity index is 722. The van der Waals surface area contributed by atoms with Gasteiger partial charge < -0.3 is 9.26 Å². The molecule has 0 saturated heterocycles. The van der Waals surface area contributed by atoms with E-state index < -0.39 is 0 Å². The number of methoxy groups -OCH3 is 1. The number of aromatic nitrogens is 4. The second kappa shape index (κ2) is 5.08. The molecule has 0 fully saturated rings. The monoisotopic (exact) mass is 268 g/mol. The molecule has 2 aromatic heterocycles. The fraction of sp³-hybridized carbons (Fsp3) is 0.143. The van der Waals surface area contributed by atoms with Crippen LogP contribution in [0.25, 0.3) is 22.8 Å². The normalized spacial score (nSPS) is 10.5. The average Bonchev–Trinajstić information content (AvgIpc) is 2.97. The minimum Gasteiger partial charge on any atom is -0.496 e. The van der Waals surface area contributed by atoms with Gasteiger partial charge in [0.1, 0.15) is 11.6 Å². The summed E-state index contributed by atoms with van der Waals surface area (Å²) >= 11 is 0. The Balaban J connectivity index is 2.00. The van der Waals surface area contributed by atoms with Crippen molar-refractivity contribution >= 4 is 0 Å². The first-order chi connectivity index (χ1) is 9.78. The van der Waals surface area contributed by atoms with Crippen molar-refractivity contribution in [2.24, 2.45) is 0 Å². The number of benzene rings is 1. The topological polar surface area (TPSA) is 73.9 Å². The summed E-state index contributed by atoms with van der Waals surface area (Å²) in [7, 11) is 1.60. The van der Waals surface area contributed by atoms with E-state index in [9.17, 15) is 0 Å². The summed E-state index contributed by atoms with van der Waals surface area (Å²) in [6.45, 7) is 1.82. The van der Waals surface area contributed by atoms with Gasteiger partial charge in [-0.05, 0) is 19.1 Å². The highest BCUT2D eigenvalue weighted by atomic mass is 16.5. The molecule has 20 heavy (non-hydrogen) atoms. The highest BCUT2D eigenvalue weighted by molar-refractivity contribution is 5.65. The fourth-order valence-corrected chi connectivity index (χ4v) is 1.78. The van der Waals surface area contributed by atoms with E-state index in [1.807, 2.05) is 31.2 Å². The van der Waals surface area contributed by atoms with Crippen LogP contribution in [-0.2, 0) is 0 Å². The van der Waals surface area contributed by atoms with Crippen molar-refractivity contribution in [3.63, 3.8) is 0 Å². The number of para-hydroxylation sites is 1. The van der Waals surface area contributed by atoms with Crippen molar-refractivity contribution in [1.82, 2.24) is 20.1 Å². The van der Waals surface area contributed by atoms with Gasteiger partial charge in [-0.25, -0.2) is 9.97 Å². The van der Waals surface area contributed by atoms with Crippen molar-refractivity contribution in [3.8, 4) is 28.6 Å². The van der Waals surface area contributed by atoms with Crippen LogP contribution in [-0.4, -0.2) is 27.2 Å². The zero-order chi connectivity index (χ0) is 13.9. The summed E-state index contributed by atoms with van der Waals surface area (Å²) in [5.41, 5.74) is 1.46. The molecule has 0 aliphatic rings. The minimum atomic E-state index is 0.380. The molecule has 2 heterocycles. The summed E-state index contributed by atoms with van der Waals surface area (Å²) in [6, 6.07) is 7.50. The van der Waals surface area contributed by atoms with Gasteiger partial charge in [0, 0.05) is 12.4 Å². The van der Waals surface area contributed by atoms with Crippen molar-refractivity contribution in [2.45, 2.75) is 6.92 Å². The Morgan fingerprint density at radius 2 is 1.85 bits per heavy atom. The van der Waals surface area contributed by atoms with Gasteiger partial charge in [0.15, 0.2) is 0 Å². The number of rotatable bonds is 3. The van der Waals surface area contributed by atoms with E-state index >= 15 is 0 Å². The summed E-state index contributed by atoms with van der Waals surface area (Å²) < 4.78 is 10.5. The second-order valence-corrected chi connectivity index (χ2v) is 4.14. The van der Waals surface area contributed by atoms with Gasteiger partial charge in [-0.3, -0.25) is 0 Å². The SMILES string of the molecule is COc1ccccc1-c1noc(-c2cnc(C)nc2)n1. The largest absolute Gasteiger partial charge is 0.496 e. The first-order valence-electron chi connectivity index (χ1n) is 6.04. The molecule has 3 aromatic rings. The average molecular weight is 268 g/mol. The standard InChI is InChI=1S/C14H12N4O2/c1-9-15-7-10(8-16-9)14-17-13(18-20-14)11-5-3-4-6-12(11)19-2/h3-8H,1-2H3. The lowest BCUT2D eigenvalue weighted by Crippen LogP contribution is -1.89. The third kappa shape index (κ3) is 2.23. The van der Waals surface area contributed by atoms with Crippen LogP contribution >= 0.6 is 0 Å². The zero-order valence-electron chi connectivity index (χ0n) is 11.1. The van der Waals surface area contributed by atoms with Crippen LogP contribution in [0.2, 0.25) is 0 Å². The van der Waals surface area contributed by atoms with Gasteiger partial charge in [-0.1, -0.05) is 17.3 Å². The van der Waals surface area contributed by atoms with Gasteiger partial charge >= 0.3 is 0 Å². The van der Waals surface area contributed by atoms with E-state index in [2.05, 4.69) is 20.1 Å². The lowest BCUT2D eigenvalue weighted by Gasteiger charge is -2.02. The summed E-state index contributed by atoms with van der Waals surface area (Å²) in [5.74, 6) is 2.24. The Hall–Kier alpha value is -2.76. The van der Waals surface area contributed by atoms with Gasteiger partial charge in [0.05, 0.1) is 18.2 Å². The maximum absolute atomic E-state index is 5.28. The number of ether oxygens (including phenoxy) is 1. The fourth-order valence-electron chi connectivity index (χ4n) is 1.78. The lowest BCUT2D eigenvalue weighted by atomic mass is 10.2. The van der Waals surface area contributed by atoms with Crippen molar-refractivity contribution < 1.29 is 9.26 Å². The van der Waals surface area contributed by atoms with Crippen LogP contribution in [0.5, 0.6) is 5.75 Å². The van der Waals surface area contributed by atoms with Gasteiger partial charge in [-0.15, -0.1) is 0 Å². The predicted molar refractivity (Wildman–Crippen MR) is 72.0 cm³/mol. The molecule has 3 rings (SSSR count).